The molecule has 0 atom stereocenters. The highest BCUT2D eigenvalue weighted by Crippen LogP contribution is 2.28. The zero-order valence-electron chi connectivity index (χ0n) is 14.0. The lowest BCUT2D eigenvalue weighted by Gasteiger charge is -2.36. The van der Waals surface area contributed by atoms with E-state index in [2.05, 4.69) is 4.90 Å². The van der Waals surface area contributed by atoms with Gasteiger partial charge in [-0.05, 0) is 35.9 Å². The van der Waals surface area contributed by atoms with E-state index in [1.54, 1.807) is 35.2 Å². The zero-order valence-corrected chi connectivity index (χ0v) is 15.5. The maximum Gasteiger partial charge on any atom is 0.307 e. The molecule has 0 unspecified atom stereocenters. The van der Waals surface area contributed by atoms with Gasteiger partial charge in [-0.2, -0.15) is 0 Å². The second-order valence-corrected chi connectivity index (χ2v) is 6.96. The van der Waals surface area contributed by atoms with E-state index in [1.807, 2.05) is 12.1 Å². The quantitative estimate of drug-likeness (QED) is 0.863. The minimum Gasteiger partial charge on any atom is -0.481 e. The smallest absolute Gasteiger partial charge is 0.307 e. The summed E-state index contributed by atoms with van der Waals surface area (Å²) in [6.07, 6.45) is -0.0910. The zero-order chi connectivity index (χ0) is 18.7. The van der Waals surface area contributed by atoms with Crippen LogP contribution in [0, 0.1) is 0 Å². The molecule has 136 valence electrons. The maximum atomic E-state index is 12.7. The van der Waals surface area contributed by atoms with Crippen molar-refractivity contribution in [3.05, 3.63) is 63.6 Å². The highest BCUT2D eigenvalue weighted by molar-refractivity contribution is 6.42. The molecule has 0 aromatic heterocycles. The molecule has 1 aliphatic rings. The van der Waals surface area contributed by atoms with Crippen LogP contribution in [-0.4, -0.2) is 48.1 Å². The van der Waals surface area contributed by atoms with Crippen molar-refractivity contribution in [1.29, 1.82) is 0 Å². The Hall–Kier alpha value is -2.24. The third-order valence-electron chi connectivity index (χ3n) is 4.36. The Morgan fingerprint density at radius 2 is 1.69 bits per heavy atom. The number of halogens is 2. The Bertz CT molecular complexity index is 833. The van der Waals surface area contributed by atoms with Gasteiger partial charge in [0.1, 0.15) is 0 Å². The van der Waals surface area contributed by atoms with Gasteiger partial charge in [0.05, 0.1) is 16.5 Å². The highest BCUT2D eigenvalue weighted by Gasteiger charge is 2.23. The molecule has 1 amide bonds. The van der Waals surface area contributed by atoms with Crippen LogP contribution in [0.3, 0.4) is 0 Å². The van der Waals surface area contributed by atoms with Crippen molar-refractivity contribution in [1.82, 2.24) is 4.90 Å². The molecule has 0 spiro atoms. The van der Waals surface area contributed by atoms with E-state index in [-0.39, 0.29) is 12.3 Å². The predicted octanol–water partition coefficient (Wildman–Crippen LogP) is 3.58. The Balaban J connectivity index is 1.65. The lowest BCUT2D eigenvalue weighted by atomic mass is 10.1. The first-order valence-corrected chi connectivity index (χ1v) is 8.99. The summed E-state index contributed by atoms with van der Waals surface area (Å²) in [7, 11) is 0. The first-order valence-electron chi connectivity index (χ1n) is 8.24. The molecule has 2 aromatic carbocycles. The molecular formula is C19H18Cl2N2O3. The molecule has 0 bridgehead atoms. The molecule has 26 heavy (non-hydrogen) atoms. The fourth-order valence-corrected chi connectivity index (χ4v) is 3.31. The van der Waals surface area contributed by atoms with Crippen LogP contribution in [0.5, 0.6) is 0 Å². The summed E-state index contributed by atoms with van der Waals surface area (Å²) in [5, 5.41) is 9.93. The number of hydrogen-bond donors (Lipinski definition) is 1. The van der Waals surface area contributed by atoms with Gasteiger partial charge >= 0.3 is 5.97 Å². The third kappa shape index (κ3) is 4.29. The van der Waals surface area contributed by atoms with Crippen LogP contribution in [0.15, 0.2) is 42.5 Å². The molecule has 1 saturated heterocycles. The number of aliphatic carboxylic acids is 1. The lowest BCUT2D eigenvalue weighted by molar-refractivity contribution is -0.136. The van der Waals surface area contributed by atoms with Gasteiger partial charge in [-0.3, -0.25) is 9.59 Å². The fourth-order valence-electron chi connectivity index (χ4n) is 3.02. The van der Waals surface area contributed by atoms with Crippen molar-refractivity contribution in [2.45, 2.75) is 6.42 Å². The first kappa shape index (κ1) is 18.5. The molecule has 1 N–H and O–H groups in total. The summed E-state index contributed by atoms with van der Waals surface area (Å²) < 4.78 is 0. The summed E-state index contributed by atoms with van der Waals surface area (Å²) >= 11 is 12.0. The number of anilines is 1. The van der Waals surface area contributed by atoms with E-state index in [0.717, 1.165) is 5.69 Å². The number of nitrogens with zero attached hydrogens (tertiary/aromatic N) is 2. The number of piperazine rings is 1. The van der Waals surface area contributed by atoms with Gasteiger partial charge in [-0.15, -0.1) is 0 Å². The fraction of sp³-hybridized carbons (Fsp3) is 0.263. The monoisotopic (exact) mass is 392 g/mol. The van der Waals surface area contributed by atoms with Crippen molar-refractivity contribution in [3.8, 4) is 0 Å². The summed E-state index contributed by atoms with van der Waals surface area (Å²) in [6.45, 7) is 2.56. The molecule has 1 aliphatic heterocycles. The van der Waals surface area contributed by atoms with Crippen LogP contribution in [0.4, 0.5) is 5.69 Å². The number of amides is 1. The van der Waals surface area contributed by atoms with E-state index < -0.39 is 5.97 Å². The molecule has 0 radical (unpaired) electrons. The molecule has 0 aliphatic carbocycles. The maximum absolute atomic E-state index is 12.7. The van der Waals surface area contributed by atoms with Crippen LogP contribution >= 0.6 is 23.2 Å². The Morgan fingerprint density at radius 3 is 2.35 bits per heavy atom. The molecular weight excluding hydrogens is 375 g/mol. The van der Waals surface area contributed by atoms with E-state index in [0.29, 0.717) is 47.4 Å². The summed E-state index contributed by atoms with van der Waals surface area (Å²) in [6, 6.07) is 12.3. The summed E-state index contributed by atoms with van der Waals surface area (Å²) in [5.41, 5.74) is 2.12. The van der Waals surface area contributed by atoms with Gasteiger partial charge in [0.2, 0.25) is 0 Å². The number of rotatable bonds is 4. The Morgan fingerprint density at radius 1 is 0.962 bits per heavy atom. The number of carbonyl (C=O) groups excluding carboxylic acids is 1. The lowest BCUT2D eigenvalue weighted by Crippen LogP contribution is -2.48. The minimum atomic E-state index is -0.912. The van der Waals surface area contributed by atoms with Crippen molar-refractivity contribution in [2.75, 3.05) is 31.1 Å². The number of carbonyl (C=O) groups is 2. The highest BCUT2D eigenvalue weighted by atomic mass is 35.5. The first-order chi connectivity index (χ1) is 12.4. The van der Waals surface area contributed by atoms with Crippen LogP contribution < -0.4 is 4.90 Å². The van der Waals surface area contributed by atoms with Crippen LogP contribution in [0.2, 0.25) is 10.0 Å². The molecule has 5 nitrogen and oxygen atoms in total. The van der Waals surface area contributed by atoms with E-state index in [1.165, 1.54) is 0 Å². The normalized spacial score (nSPS) is 14.4. The number of carboxylic acid groups (broad SMARTS) is 1. The molecule has 1 heterocycles. The standard InChI is InChI=1S/C19H18Cl2N2O3/c20-16-5-4-15(12-17(16)21)22-6-8-23(9-7-22)19(26)14-3-1-2-13(10-14)11-18(24)25/h1-5,10,12H,6-9,11H2,(H,24,25). The van der Waals surface area contributed by atoms with Crippen molar-refractivity contribution in [2.24, 2.45) is 0 Å². The largest absolute Gasteiger partial charge is 0.481 e. The van der Waals surface area contributed by atoms with Gasteiger partial charge in [0, 0.05) is 37.4 Å². The average Bonchev–Trinajstić information content (AvgIpc) is 2.63. The SMILES string of the molecule is O=C(O)Cc1cccc(C(=O)N2CCN(c3ccc(Cl)c(Cl)c3)CC2)c1. The molecule has 1 fully saturated rings. The molecule has 7 heteroatoms. The number of carboxylic acids is 1. The minimum absolute atomic E-state index is 0.0778. The van der Waals surface area contributed by atoms with Crippen LogP contribution in [0.25, 0.3) is 0 Å². The van der Waals surface area contributed by atoms with Crippen molar-refractivity contribution < 1.29 is 14.7 Å². The predicted molar refractivity (Wildman–Crippen MR) is 102 cm³/mol. The van der Waals surface area contributed by atoms with Crippen molar-refractivity contribution >= 4 is 40.8 Å². The van der Waals surface area contributed by atoms with E-state index in [9.17, 15) is 9.59 Å². The average molecular weight is 393 g/mol. The van der Waals surface area contributed by atoms with Gasteiger partial charge < -0.3 is 14.9 Å². The van der Waals surface area contributed by atoms with Gasteiger partial charge in [0.25, 0.3) is 5.91 Å². The summed E-state index contributed by atoms with van der Waals surface area (Å²) in [5.74, 6) is -0.990. The van der Waals surface area contributed by atoms with Crippen LogP contribution in [0.1, 0.15) is 15.9 Å². The summed E-state index contributed by atoms with van der Waals surface area (Å²) in [4.78, 5) is 27.5. The Kier molecular flexibility index (Phi) is 5.69. The molecule has 2 aromatic rings. The van der Waals surface area contributed by atoms with E-state index in [4.69, 9.17) is 28.3 Å². The topological polar surface area (TPSA) is 60.9 Å². The second kappa shape index (κ2) is 7.98. The Labute approximate surface area is 161 Å². The second-order valence-electron chi connectivity index (χ2n) is 6.15. The van der Waals surface area contributed by atoms with Crippen LogP contribution in [-0.2, 0) is 11.2 Å². The molecule has 3 rings (SSSR count). The third-order valence-corrected chi connectivity index (χ3v) is 5.10. The van der Waals surface area contributed by atoms with Gasteiger partial charge in [0.15, 0.2) is 0 Å². The van der Waals surface area contributed by atoms with E-state index >= 15 is 0 Å². The van der Waals surface area contributed by atoms with Crippen molar-refractivity contribution in [3.63, 3.8) is 0 Å². The molecule has 0 saturated carbocycles. The number of benzene rings is 2. The number of hydrogen-bond acceptors (Lipinski definition) is 3. The van der Waals surface area contributed by atoms with Gasteiger partial charge in [-0.1, -0.05) is 35.3 Å². The van der Waals surface area contributed by atoms with Gasteiger partial charge in [-0.25, -0.2) is 0 Å².